The van der Waals surface area contributed by atoms with E-state index in [1.165, 1.54) is 56.8 Å². The fourth-order valence-electron chi connectivity index (χ4n) is 5.79. The number of aromatic nitrogens is 1. The molecular formula is C26H36N2O. The number of pyridine rings is 1. The van der Waals surface area contributed by atoms with Gasteiger partial charge in [-0.15, -0.1) is 0 Å². The van der Waals surface area contributed by atoms with Crippen LogP contribution in [-0.4, -0.2) is 16.6 Å². The van der Waals surface area contributed by atoms with Crippen LogP contribution in [0.2, 0.25) is 0 Å². The van der Waals surface area contributed by atoms with E-state index in [1.54, 1.807) is 0 Å². The monoisotopic (exact) mass is 392 g/mol. The molecule has 29 heavy (non-hydrogen) atoms. The Bertz CT molecular complexity index is 842. The summed E-state index contributed by atoms with van der Waals surface area (Å²) in [6.45, 7) is 5.63. The Labute approximate surface area is 175 Å². The van der Waals surface area contributed by atoms with Crippen molar-refractivity contribution in [2.24, 2.45) is 11.3 Å². The third kappa shape index (κ3) is 4.30. The Morgan fingerprint density at radius 3 is 2.38 bits per heavy atom. The van der Waals surface area contributed by atoms with Crippen LogP contribution < -0.4 is 10.1 Å². The van der Waals surface area contributed by atoms with Crippen molar-refractivity contribution >= 4 is 10.9 Å². The quantitative estimate of drug-likeness (QED) is 0.640. The Balaban J connectivity index is 1.22. The molecule has 4 aliphatic carbocycles. The van der Waals surface area contributed by atoms with Gasteiger partial charge in [0.2, 0.25) is 0 Å². The minimum absolute atomic E-state index is 0.363. The van der Waals surface area contributed by atoms with Gasteiger partial charge in [-0.05, 0) is 99.8 Å². The zero-order chi connectivity index (χ0) is 19.9. The summed E-state index contributed by atoms with van der Waals surface area (Å²) in [4.78, 5) is 4.93. The van der Waals surface area contributed by atoms with Crippen molar-refractivity contribution in [2.45, 2.75) is 96.2 Å². The van der Waals surface area contributed by atoms with Crippen molar-refractivity contribution in [1.82, 2.24) is 10.3 Å². The molecule has 0 amide bonds. The second kappa shape index (κ2) is 7.58. The summed E-state index contributed by atoms with van der Waals surface area (Å²) in [6.07, 6.45) is 13.5. The van der Waals surface area contributed by atoms with Crippen molar-refractivity contribution < 1.29 is 4.74 Å². The lowest BCUT2D eigenvalue weighted by molar-refractivity contribution is 0.0989. The Morgan fingerprint density at radius 1 is 0.931 bits per heavy atom. The highest BCUT2D eigenvalue weighted by atomic mass is 16.5. The molecule has 0 aliphatic heterocycles. The van der Waals surface area contributed by atoms with Crippen LogP contribution in [-0.2, 0) is 6.54 Å². The fraction of sp³-hybridized carbons (Fsp3) is 0.654. The standard InChI is InChI=1S/C26H36N2O/c1-25(2)12-10-22(11-13-25)29-23-5-6-24-20(17-23)3-4-21(28-24)18-27-26-14-7-19(8-15-26)9-16-26/h3-6,17,19,22,27H,7-16,18H2,1-2H3. The number of nitrogens with zero attached hydrogens (tertiary/aromatic N) is 1. The van der Waals surface area contributed by atoms with E-state index in [1.807, 2.05) is 0 Å². The molecule has 0 radical (unpaired) electrons. The van der Waals surface area contributed by atoms with Gasteiger partial charge in [-0.2, -0.15) is 0 Å². The molecule has 2 aromatic rings. The first-order chi connectivity index (χ1) is 14.0. The van der Waals surface area contributed by atoms with Gasteiger partial charge in [0.15, 0.2) is 0 Å². The molecule has 1 aromatic heterocycles. The molecule has 6 rings (SSSR count). The number of ether oxygens (including phenoxy) is 1. The van der Waals surface area contributed by atoms with Gasteiger partial charge in [0.1, 0.15) is 5.75 Å². The summed E-state index contributed by atoms with van der Waals surface area (Å²) in [7, 11) is 0. The zero-order valence-electron chi connectivity index (χ0n) is 18.2. The number of nitrogens with one attached hydrogen (secondary N) is 1. The first-order valence-electron chi connectivity index (χ1n) is 11.8. The lowest BCUT2D eigenvalue weighted by Crippen LogP contribution is -2.51. The van der Waals surface area contributed by atoms with E-state index < -0.39 is 0 Å². The van der Waals surface area contributed by atoms with E-state index in [9.17, 15) is 0 Å². The molecule has 3 heteroatoms. The molecule has 2 bridgehead atoms. The van der Waals surface area contributed by atoms with Gasteiger partial charge in [-0.3, -0.25) is 4.98 Å². The van der Waals surface area contributed by atoms with Crippen LogP contribution in [0.1, 0.15) is 83.7 Å². The van der Waals surface area contributed by atoms with Crippen LogP contribution in [0.5, 0.6) is 5.75 Å². The number of benzene rings is 1. The van der Waals surface area contributed by atoms with E-state index in [0.29, 0.717) is 17.1 Å². The third-order valence-electron chi connectivity index (χ3n) is 8.05. The largest absolute Gasteiger partial charge is 0.490 e. The molecule has 1 N–H and O–H groups in total. The Morgan fingerprint density at radius 2 is 1.66 bits per heavy atom. The first kappa shape index (κ1) is 19.4. The second-order valence-electron chi connectivity index (χ2n) is 10.8. The van der Waals surface area contributed by atoms with Gasteiger partial charge >= 0.3 is 0 Å². The molecule has 0 atom stereocenters. The summed E-state index contributed by atoms with van der Waals surface area (Å²) in [5.41, 5.74) is 3.10. The lowest BCUT2D eigenvalue weighted by Gasteiger charge is -2.47. The number of hydrogen-bond donors (Lipinski definition) is 1. The van der Waals surface area contributed by atoms with Gasteiger partial charge in [-0.25, -0.2) is 0 Å². The summed E-state index contributed by atoms with van der Waals surface area (Å²) < 4.78 is 6.31. The predicted molar refractivity (Wildman–Crippen MR) is 119 cm³/mol. The molecule has 0 spiro atoms. The minimum atomic E-state index is 0.363. The van der Waals surface area contributed by atoms with E-state index in [2.05, 4.69) is 49.5 Å². The topological polar surface area (TPSA) is 34.1 Å². The van der Waals surface area contributed by atoms with E-state index in [0.717, 1.165) is 42.3 Å². The van der Waals surface area contributed by atoms with Crippen LogP contribution in [0.3, 0.4) is 0 Å². The van der Waals surface area contributed by atoms with Crippen molar-refractivity contribution in [3.8, 4) is 5.75 Å². The zero-order valence-corrected chi connectivity index (χ0v) is 18.2. The van der Waals surface area contributed by atoms with Gasteiger partial charge in [0, 0.05) is 17.5 Å². The van der Waals surface area contributed by atoms with E-state index in [4.69, 9.17) is 9.72 Å². The van der Waals surface area contributed by atoms with Crippen molar-refractivity contribution in [3.63, 3.8) is 0 Å². The maximum Gasteiger partial charge on any atom is 0.120 e. The highest BCUT2D eigenvalue weighted by Crippen LogP contribution is 2.44. The molecule has 4 saturated carbocycles. The lowest BCUT2D eigenvalue weighted by atomic mass is 9.66. The molecule has 4 aliphatic rings. The summed E-state index contributed by atoms with van der Waals surface area (Å²) in [5, 5.41) is 5.07. The number of hydrogen-bond acceptors (Lipinski definition) is 3. The SMILES string of the molecule is CC1(C)CCC(Oc2ccc3nc(CNC45CCC(CC4)CC5)ccc3c2)CC1. The van der Waals surface area contributed by atoms with E-state index in [-0.39, 0.29) is 0 Å². The molecule has 4 fully saturated rings. The van der Waals surface area contributed by atoms with Gasteiger partial charge < -0.3 is 10.1 Å². The Kier molecular flexibility index (Phi) is 5.06. The summed E-state index contributed by atoms with van der Waals surface area (Å²) in [6, 6.07) is 10.8. The van der Waals surface area contributed by atoms with Crippen molar-refractivity contribution in [1.29, 1.82) is 0 Å². The molecular weight excluding hydrogens is 356 g/mol. The minimum Gasteiger partial charge on any atom is -0.490 e. The molecule has 0 saturated heterocycles. The van der Waals surface area contributed by atoms with Gasteiger partial charge in [0.25, 0.3) is 0 Å². The smallest absolute Gasteiger partial charge is 0.120 e. The molecule has 1 heterocycles. The highest BCUT2D eigenvalue weighted by molar-refractivity contribution is 5.80. The maximum atomic E-state index is 6.31. The summed E-state index contributed by atoms with van der Waals surface area (Å²) in [5.74, 6) is 2.00. The van der Waals surface area contributed by atoms with E-state index >= 15 is 0 Å². The van der Waals surface area contributed by atoms with Gasteiger partial charge in [0.05, 0.1) is 17.3 Å². The second-order valence-corrected chi connectivity index (χ2v) is 10.8. The predicted octanol–water partition coefficient (Wildman–Crippen LogP) is 6.39. The Hall–Kier alpha value is -1.61. The summed E-state index contributed by atoms with van der Waals surface area (Å²) >= 11 is 0. The molecule has 1 aromatic carbocycles. The number of fused-ring (bicyclic) bond motifs is 4. The normalized spacial score (nSPS) is 29.2. The molecule has 0 unspecified atom stereocenters. The average Bonchev–Trinajstić information content (AvgIpc) is 2.75. The first-order valence-corrected chi connectivity index (χ1v) is 11.8. The van der Waals surface area contributed by atoms with Crippen LogP contribution in [0.15, 0.2) is 30.3 Å². The third-order valence-corrected chi connectivity index (χ3v) is 8.05. The molecule has 156 valence electrons. The van der Waals surface area contributed by atoms with Crippen molar-refractivity contribution in [3.05, 3.63) is 36.0 Å². The highest BCUT2D eigenvalue weighted by Gasteiger charge is 2.39. The van der Waals surface area contributed by atoms with Crippen LogP contribution in [0, 0.1) is 11.3 Å². The van der Waals surface area contributed by atoms with Gasteiger partial charge in [-0.1, -0.05) is 19.9 Å². The molecule has 3 nitrogen and oxygen atoms in total. The van der Waals surface area contributed by atoms with Crippen molar-refractivity contribution in [2.75, 3.05) is 0 Å². The average molecular weight is 393 g/mol. The van der Waals surface area contributed by atoms with Crippen LogP contribution in [0.25, 0.3) is 10.9 Å². The maximum absolute atomic E-state index is 6.31. The van der Waals surface area contributed by atoms with Crippen LogP contribution in [0.4, 0.5) is 0 Å². The number of rotatable bonds is 5. The van der Waals surface area contributed by atoms with Crippen LogP contribution >= 0.6 is 0 Å². The fourth-order valence-corrected chi connectivity index (χ4v) is 5.79.